The Balaban J connectivity index is 2.50. The van der Waals surface area contributed by atoms with Crippen LogP contribution < -0.4 is 5.32 Å². The number of hydrogen-bond donors (Lipinski definition) is 1. The second-order valence-electron chi connectivity index (χ2n) is 5.38. The summed E-state index contributed by atoms with van der Waals surface area (Å²) >= 11 is 0. The SMILES string of the molecule is CC(C)C(CN(C)C)NC1CCS(=O)(=O)C1. The zero-order valence-corrected chi connectivity index (χ0v) is 11.5. The lowest BCUT2D eigenvalue weighted by atomic mass is 10.0. The van der Waals surface area contributed by atoms with E-state index >= 15 is 0 Å². The summed E-state index contributed by atoms with van der Waals surface area (Å²) in [5.74, 6) is 1.17. The molecule has 0 amide bonds. The molecule has 1 rings (SSSR count). The molecule has 1 N–H and O–H groups in total. The van der Waals surface area contributed by atoms with Crippen molar-refractivity contribution in [3.8, 4) is 0 Å². The molecule has 0 aromatic carbocycles. The molecule has 2 atom stereocenters. The van der Waals surface area contributed by atoms with E-state index in [1.807, 2.05) is 14.1 Å². The normalized spacial score (nSPS) is 26.5. The fourth-order valence-electron chi connectivity index (χ4n) is 2.08. The highest BCUT2D eigenvalue weighted by atomic mass is 32.2. The molecule has 5 heteroatoms. The predicted molar refractivity (Wildman–Crippen MR) is 67.4 cm³/mol. The molecule has 0 spiro atoms. The van der Waals surface area contributed by atoms with E-state index in [0.29, 0.717) is 23.5 Å². The molecule has 0 aromatic rings. The molecule has 16 heavy (non-hydrogen) atoms. The molecular weight excluding hydrogens is 224 g/mol. The molecule has 1 saturated heterocycles. The smallest absolute Gasteiger partial charge is 0.151 e. The van der Waals surface area contributed by atoms with E-state index in [-0.39, 0.29) is 6.04 Å². The summed E-state index contributed by atoms with van der Waals surface area (Å²) < 4.78 is 22.7. The Morgan fingerprint density at radius 3 is 2.38 bits per heavy atom. The van der Waals surface area contributed by atoms with Crippen LogP contribution in [0.5, 0.6) is 0 Å². The molecule has 4 nitrogen and oxygen atoms in total. The van der Waals surface area contributed by atoms with Gasteiger partial charge in [0.05, 0.1) is 11.5 Å². The third-order valence-electron chi connectivity index (χ3n) is 3.05. The van der Waals surface area contributed by atoms with Gasteiger partial charge in [-0.15, -0.1) is 0 Å². The Kier molecular flexibility index (Phi) is 4.76. The van der Waals surface area contributed by atoms with Crippen LogP contribution in [0.2, 0.25) is 0 Å². The highest BCUT2D eigenvalue weighted by Crippen LogP contribution is 2.14. The first-order valence-electron chi connectivity index (χ1n) is 5.91. The second kappa shape index (κ2) is 5.47. The molecule has 1 aliphatic heterocycles. The topological polar surface area (TPSA) is 49.4 Å². The van der Waals surface area contributed by atoms with E-state index in [0.717, 1.165) is 13.0 Å². The van der Waals surface area contributed by atoms with Gasteiger partial charge >= 0.3 is 0 Å². The summed E-state index contributed by atoms with van der Waals surface area (Å²) in [6.45, 7) is 5.30. The van der Waals surface area contributed by atoms with Gasteiger partial charge < -0.3 is 10.2 Å². The van der Waals surface area contributed by atoms with Crippen molar-refractivity contribution < 1.29 is 8.42 Å². The summed E-state index contributed by atoms with van der Waals surface area (Å²) in [7, 11) is 1.32. The van der Waals surface area contributed by atoms with E-state index in [2.05, 4.69) is 24.1 Å². The van der Waals surface area contributed by atoms with E-state index in [4.69, 9.17) is 0 Å². The lowest BCUT2D eigenvalue weighted by Crippen LogP contribution is -2.47. The number of hydrogen-bond acceptors (Lipinski definition) is 4. The quantitative estimate of drug-likeness (QED) is 0.763. The van der Waals surface area contributed by atoms with Crippen molar-refractivity contribution in [1.82, 2.24) is 10.2 Å². The van der Waals surface area contributed by atoms with Crippen molar-refractivity contribution in [2.45, 2.75) is 32.4 Å². The monoisotopic (exact) mass is 248 g/mol. The van der Waals surface area contributed by atoms with Gasteiger partial charge in [-0.25, -0.2) is 8.42 Å². The molecule has 1 fully saturated rings. The number of likely N-dealkylation sites (N-methyl/N-ethyl adjacent to an activating group) is 1. The first kappa shape index (κ1) is 13.9. The Morgan fingerprint density at radius 1 is 1.38 bits per heavy atom. The van der Waals surface area contributed by atoms with Crippen LogP contribution in [-0.2, 0) is 9.84 Å². The van der Waals surface area contributed by atoms with Gasteiger partial charge in [0.2, 0.25) is 0 Å². The van der Waals surface area contributed by atoms with Crippen molar-refractivity contribution in [3.05, 3.63) is 0 Å². The Morgan fingerprint density at radius 2 is 2.00 bits per heavy atom. The summed E-state index contributed by atoms with van der Waals surface area (Å²) in [5.41, 5.74) is 0. The Bertz CT molecular complexity index is 312. The van der Waals surface area contributed by atoms with Crippen LogP contribution >= 0.6 is 0 Å². The summed E-state index contributed by atoms with van der Waals surface area (Å²) in [5, 5.41) is 3.48. The average Bonchev–Trinajstić information content (AvgIpc) is 2.43. The van der Waals surface area contributed by atoms with E-state index in [9.17, 15) is 8.42 Å². The third-order valence-corrected chi connectivity index (χ3v) is 4.82. The average molecular weight is 248 g/mol. The largest absolute Gasteiger partial charge is 0.309 e. The first-order chi connectivity index (χ1) is 7.30. The van der Waals surface area contributed by atoms with Crippen LogP contribution in [0.15, 0.2) is 0 Å². The number of sulfone groups is 1. The minimum Gasteiger partial charge on any atom is -0.309 e. The van der Waals surface area contributed by atoms with Gasteiger partial charge in [-0.05, 0) is 26.4 Å². The minimum atomic E-state index is -2.77. The van der Waals surface area contributed by atoms with Crippen molar-refractivity contribution in [3.63, 3.8) is 0 Å². The number of nitrogens with zero attached hydrogens (tertiary/aromatic N) is 1. The lowest BCUT2D eigenvalue weighted by molar-refractivity contribution is 0.273. The minimum absolute atomic E-state index is 0.150. The maximum absolute atomic E-state index is 11.4. The zero-order valence-electron chi connectivity index (χ0n) is 10.7. The predicted octanol–water partition coefficient (Wildman–Crippen LogP) is 0.349. The van der Waals surface area contributed by atoms with Crippen LogP contribution in [0.25, 0.3) is 0 Å². The molecule has 0 radical (unpaired) electrons. The molecule has 0 bridgehead atoms. The van der Waals surface area contributed by atoms with Crippen molar-refractivity contribution in [2.24, 2.45) is 5.92 Å². The highest BCUT2D eigenvalue weighted by Gasteiger charge is 2.30. The van der Waals surface area contributed by atoms with Gasteiger partial charge in [0.25, 0.3) is 0 Å². The van der Waals surface area contributed by atoms with Crippen LogP contribution in [-0.4, -0.2) is 57.5 Å². The highest BCUT2D eigenvalue weighted by molar-refractivity contribution is 7.91. The van der Waals surface area contributed by atoms with Gasteiger partial charge in [-0.2, -0.15) is 0 Å². The van der Waals surface area contributed by atoms with Gasteiger partial charge in [0.1, 0.15) is 0 Å². The standard InChI is InChI=1S/C11H24N2O2S/c1-9(2)11(7-13(3)4)12-10-5-6-16(14,15)8-10/h9-12H,5-8H2,1-4H3. The summed E-state index contributed by atoms with van der Waals surface area (Å²) in [6, 6.07) is 0.519. The van der Waals surface area contributed by atoms with Gasteiger partial charge in [0, 0.05) is 18.6 Å². The Hall–Kier alpha value is -0.130. The van der Waals surface area contributed by atoms with E-state index in [1.165, 1.54) is 0 Å². The molecule has 0 aromatic heterocycles. The van der Waals surface area contributed by atoms with Gasteiger partial charge in [-0.1, -0.05) is 13.8 Å². The molecule has 0 saturated carbocycles. The molecule has 2 unspecified atom stereocenters. The van der Waals surface area contributed by atoms with E-state index < -0.39 is 9.84 Å². The van der Waals surface area contributed by atoms with Crippen molar-refractivity contribution in [1.29, 1.82) is 0 Å². The summed E-state index contributed by atoms with van der Waals surface area (Å²) in [4.78, 5) is 2.14. The second-order valence-corrected chi connectivity index (χ2v) is 7.61. The van der Waals surface area contributed by atoms with Crippen molar-refractivity contribution in [2.75, 3.05) is 32.1 Å². The van der Waals surface area contributed by atoms with Crippen LogP contribution in [0.4, 0.5) is 0 Å². The number of rotatable bonds is 5. The molecule has 96 valence electrons. The van der Waals surface area contributed by atoms with Crippen LogP contribution in [0, 0.1) is 5.92 Å². The first-order valence-corrected chi connectivity index (χ1v) is 7.73. The van der Waals surface area contributed by atoms with Crippen LogP contribution in [0.3, 0.4) is 0 Å². The summed E-state index contributed by atoms with van der Waals surface area (Å²) in [6.07, 6.45) is 0.763. The molecule has 0 aliphatic carbocycles. The fourth-order valence-corrected chi connectivity index (χ4v) is 3.76. The third kappa shape index (κ3) is 4.39. The number of nitrogens with one attached hydrogen (secondary N) is 1. The lowest BCUT2D eigenvalue weighted by Gasteiger charge is -2.28. The van der Waals surface area contributed by atoms with Crippen LogP contribution in [0.1, 0.15) is 20.3 Å². The molecular formula is C11H24N2O2S. The molecule has 1 heterocycles. The maximum atomic E-state index is 11.4. The fraction of sp³-hybridized carbons (Fsp3) is 1.00. The van der Waals surface area contributed by atoms with E-state index in [1.54, 1.807) is 0 Å². The zero-order chi connectivity index (χ0) is 12.3. The van der Waals surface area contributed by atoms with Gasteiger partial charge in [0.15, 0.2) is 9.84 Å². The maximum Gasteiger partial charge on any atom is 0.151 e. The molecule has 1 aliphatic rings. The van der Waals surface area contributed by atoms with Crippen molar-refractivity contribution >= 4 is 9.84 Å². The van der Waals surface area contributed by atoms with Gasteiger partial charge in [-0.3, -0.25) is 0 Å². The Labute approximate surface area is 99.3 Å².